The lowest BCUT2D eigenvalue weighted by Crippen LogP contribution is -2.33. The SMILES string of the molecule is O=C(N[C@H]1CCc2ccccc21)C(=O)c1c[nH]c2ccccc12. The molecule has 3 aromatic rings. The number of hydrogen-bond acceptors (Lipinski definition) is 2. The van der Waals surface area contributed by atoms with Crippen LogP contribution in [0.3, 0.4) is 0 Å². The number of amides is 1. The lowest BCUT2D eigenvalue weighted by atomic mass is 10.1. The van der Waals surface area contributed by atoms with Crippen LogP contribution in [0.2, 0.25) is 0 Å². The van der Waals surface area contributed by atoms with Crippen LogP contribution in [0, 0.1) is 0 Å². The van der Waals surface area contributed by atoms with Crippen molar-refractivity contribution < 1.29 is 9.59 Å². The fraction of sp³-hybridized carbons (Fsp3) is 0.158. The summed E-state index contributed by atoms with van der Waals surface area (Å²) in [6.07, 6.45) is 3.38. The molecule has 2 aromatic carbocycles. The second kappa shape index (κ2) is 5.39. The van der Waals surface area contributed by atoms with Crippen LogP contribution < -0.4 is 5.32 Å². The van der Waals surface area contributed by atoms with Crippen molar-refractivity contribution in [3.8, 4) is 0 Å². The number of carbonyl (C=O) groups is 2. The predicted molar refractivity (Wildman–Crippen MR) is 88.3 cm³/mol. The Bertz CT molecular complexity index is 910. The van der Waals surface area contributed by atoms with Crippen LogP contribution in [-0.2, 0) is 11.2 Å². The Hall–Kier alpha value is -2.88. The topological polar surface area (TPSA) is 62.0 Å². The van der Waals surface area contributed by atoms with Gasteiger partial charge in [-0.05, 0) is 30.0 Å². The summed E-state index contributed by atoms with van der Waals surface area (Å²) in [4.78, 5) is 27.9. The van der Waals surface area contributed by atoms with Gasteiger partial charge in [-0.1, -0.05) is 42.5 Å². The largest absolute Gasteiger partial charge is 0.360 e. The third kappa shape index (κ3) is 2.32. The lowest BCUT2D eigenvalue weighted by molar-refractivity contribution is -0.117. The molecule has 1 aliphatic carbocycles. The molecule has 4 heteroatoms. The van der Waals surface area contributed by atoms with Crippen molar-refractivity contribution in [1.29, 1.82) is 0 Å². The second-order valence-electron chi connectivity index (χ2n) is 5.84. The monoisotopic (exact) mass is 304 g/mol. The number of H-pyrrole nitrogens is 1. The maximum Gasteiger partial charge on any atom is 0.292 e. The molecule has 4 nitrogen and oxygen atoms in total. The first-order chi connectivity index (χ1) is 11.2. The second-order valence-corrected chi connectivity index (χ2v) is 5.84. The molecule has 1 heterocycles. The van der Waals surface area contributed by atoms with Crippen molar-refractivity contribution in [3.63, 3.8) is 0 Å². The molecular formula is C19H16N2O2. The summed E-state index contributed by atoms with van der Waals surface area (Å²) < 4.78 is 0. The van der Waals surface area contributed by atoms with Gasteiger partial charge in [-0.3, -0.25) is 9.59 Å². The maximum absolute atomic E-state index is 12.5. The number of aryl methyl sites for hydroxylation is 1. The molecule has 0 fully saturated rings. The zero-order chi connectivity index (χ0) is 15.8. The summed E-state index contributed by atoms with van der Waals surface area (Å²) in [5.74, 6) is -1.04. The van der Waals surface area contributed by atoms with Crippen LogP contribution in [0.25, 0.3) is 10.9 Å². The van der Waals surface area contributed by atoms with Crippen molar-refractivity contribution in [2.24, 2.45) is 0 Å². The zero-order valence-corrected chi connectivity index (χ0v) is 12.5. The van der Waals surface area contributed by atoms with Crippen molar-refractivity contribution >= 4 is 22.6 Å². The average molecular weight is 304 g/mol. The zero-order valence-electron chi connectivity index (χ0n) is 12.5. The average Bonchev–Trinajstić information content (AvgIpc) is 3.19. The Balaban J connectivity index is 1.57. The molecule has 1 amide bonds. The molecule has 0 radical (unpaired) electrons. The van der Waals surface area contributed by atoms with Crippen molar-refractivity contribution in [3.05, 3.63) is 71.4 Å². The summed E-state index contributed by atoms with van der Waals surface area (Å²) in [6.45, 7) is 0. The number of ketones is 1. The molecule has 1 aliphatic rings. The van der Waals surface area contributed by atoms with Gasteiger partial charge in [0, 0.05) is 17.1 Å². The quantitative estimate of drug-likeness (QED) is 0.577. The number of hydrogen-bond donors (Lipinski definition) is 2. The van der Waals surface area contributed by atoms with Crippen molar-refractivity contribution in [1.82, 2.24) is 10.3 Å². The minimum absolute atomic E-state index is 0.0761. The third-order valence-corrected chi connectivity index (χ3v) is 4.48. The number of nitrogens with one attached hydrogen (secondary N) is 2. The minimum Gasteiger partial charge on any atom is -0.360 e. The normalized spacial score (nSPS) is 16.3. The van der Waals surface area contributed by atoms with E-state index in [0.717, 1.165) is 29.3 Å². The van der Waals surface area contributed by atoms with Gasteiger partial charge in [-0.25, -0.2) is 0 Å². The predicted octanol–water partition coefficient (Wildman–Crippen LogP) is 3.15. The van der Waals surface area contributed by atoms with Gasteiger partial charge in [0.05, 0.1) is 11.6 Å². The summed E-state index contributed by atoms with van der Waals surface area (Å²) in [5.41, 5.74) is 3.64. The molecule has 0 saturated heterocycles. The standard InChI is InChI=1S/C19H16N2O2/c22-18(15-11-20-16-8-4-3-7-14(15)16)19(23)21-17-10-9-12-5-1-2-6-13(12)17/h1-8,11,17,20H,9-10H2,(H,21,23)/t17-/m0/s1. The molecule has 0 spiro atoms. The fourth-order valence-electron chi connectivity index (χ4n) is 3.31. The number of Topliss-reactive ketones (excluding diaryl/α,β-unsaturated/α-hetero) is 1. The molecule has 23 heavy (non-hydrogen) atoms. The fourth-order valence-corrected chi connectivity index (χ4v) is 3.31. The molecule has 0 aliphatic heterocycles. The van der Waals surface area contributed by atoms with Gasteiger partial charge in [0.15, 0.2) is 0 Å². The van der Waals surface area contributed by atoms with Gasteiger partial charge >= 0.3 is 0 Å². The Morgan fingerprint density at radius 2 is 1.83 bits per heavy atom. The van der Waals surface area contributed by atoms with Gasteiger partial charge in [0.1, 0.15) is 0 Å². The molecule has 114 valence electrons. The number of aromatic nitrogens is 1. The molecule has 1 atom stereocenters. The van der Waals surface area contributed by atoms with Crippen molar-refractivity contribution in [2.75, 3.05) is 0 Å². The number of rotatable bonds is 3. The highest BCUT2D eigenvalue weighted by Crippen LogP contribution is 2.30. The highest BCUT2D eigenvalue weighted by atomic mass is 16.2. The van der Waals surface area contributed by atoms with Gasteiger partial charge in [0.2, 0.25) is 0 Å². The van der Waals surface area contributed by atoms with Crippen LogP contribution in [0.15, 0.2) is 54.7 Å². The van der Waals surface area contributed by atoms with Crippen LogP contribution in [0.4, 0.5) is 0 Å². The number of aromatic amines is 1. The molecule has 0 bridgehead atoms. The Morgan fingerprint density at radius 3 is 2.74 bits per heavy atom. The van der Waals surface area contributed by atoms with Crippen LogP contribution >= 0.6 is 0 Å². The summed E-state index contributed by atoms with van der Waals surface area (Å²) >= 11 is 0. The van der Waals surface area contributed by atoms with Crippen LogP contribution in [-0.4, -0.2) is 16.7 Å². The minimum atomic E-state index is -0.545. The Morgan fingerprint density at radius 1 is 1.04 bits per heavy atom. The number of fused-ring (bicyclic) bond motifs is 2. The maximum atomic E-state index is 12.5. The van der Waals surface area contributed by atoms with E-state index < -0.39 is 11.7 Å². The highest BCUT2D eigenvalue weighted by Gasteiger charge is 2.27. The first kappa shape index (κ1) is 13.8. The van der Waals surface area contributed by atoms with E-state index in [1.165, 1.54) is 5.56 Å². The molecule has 4 rings (SSSR count). The molecule has 0 saturated carbocycles. The molecular weight excluding hydrogens is 288 g/mol. The van der Waals surface area contributed by atoms with Gasteiger partial charge in [-0.15, -0.1) is 0 Å². The van der Waals surface area contributed by atoms with E-state index in [4.69, 9.17) is 0 Å². The van der Waals surface area contributed by atoms with E-state index in [0.29, 0.717) is 5.56 Å². The lowest BCUT2D eigenvalue weighted by Gasteiger charge is -2.13. The molecule has 2 N–H and O–H groups in total. The number of benzene rings is 2. The smallest absolute Gasteiger partial charge is 0.292 e. The highest BCUT2D eigenvalue weighted by molar-refractivity contribution is 6.45. The number of carbonyl (C=O) groups excluding carboxylic acids is 2. The summed E-state index contributed by atoms with van der Waals surface area (Å²) in [5, 5.41) is 3.66. The number of para-hydroxylation sites is 1. The van der Waals surface area contributed by atoms with Crippen LogP contribution in [0.5, 0.6) is 0 Å². The Kier molecular flexibility index (Phi) is 3.23. The van der Waals surface area contributed by atoms with E-state index in [2.05, 4.69) is 16.4 Å². The summed E-state index contributed by atoms with van der Waals surface area (Å²) in [6, 6.07) is 15.5. The van der Waals surface area contributed by atoms with Crippen molar-refractivity contribution in [2.45, 2.75) is 18.9 Å². The van der Waals surface area contributed by atoms with E-state index in [9.17, 15) is 9.59 Å². The molecule has 0 unspecified atom stereocenters. The van der Waals surface area contributed by atoms with E-state index in [-0.39, 0.29) is 6.04 Å². The van der Waals surface area contributed by atoms with Gasteiger partial charge < -0.3 is 10.3 Å². The van der Waals surface area contributed by atoms with Gasteiger partial charge in [-0.2, -0.15) is 0 Å². The first-order valence-electron chi connectivity index (χ1n) is 7.73. The summed E-state index contributed by atoms with van der Waals surface area (Å²) in [7, 11) is 0. The third-order valence-electron chi connectivity index (χ3n) is 4.48. The Labute approximate surface area is 133 Å². The van der Waals surface area contributed by atoms with Gasteiger partial charge in [0.25, 0.3) is 11.7 Å². The first-order valence-corrected chi connectivity index (χ1v) is 7.73. The van der Waals surface area contributed by atoms with E-state index in [1.807, 2.05) is 42.5 Å². The molecule has 1 aromatic heterocycles. The van der Waals surface area contributed by atoms with E-state index >= 15 is 0 Å². The van der Waals surface area contributed by atoms with Crippen LogP contribution in [0.1, 0.15) is 33.9 Å². The van der Waals surface area contributed by atoms with E-state index in [1.54, 1.807) is 6.20 Å².